The smallest absolute Gasteiger partial charge is 0.338 e. The molecule has 0 atom stereocenters. The number of carbonyl (C=O) groups excluding carboxylic acids is 2. The lowest BCUT2D eigenvalue weighted by atomic mass is 10.0. The molecular formula is C17H14Cl2O3. The third-order valence-corrected chi connectivity index (χ3v) is 4.06. The van der Waals surface area contributed by atoms with Crippen molar-refractivity contribution >= 4 is 35.0 Å². The molecule has 2 aromatic rings. The van der Waals surface area contributed by atoms with Crippen molar-refractivity contribution in [1.82, 2.24) is 0 Å². The maximum atomic E-state index is 12.0. The Kier molecular flexibility index (Phi) is 5.22. The highest BCUT2D eigenvalue weighted by atomic mass is 35.5. The zero-order valence-electron chi connectivity index (χ0n) is 12.2. The van der Waals surface area contributed by atoms with E-state index in [1.54, 1.807) is 12.1 Å². The van der Waals surface area contributed by atoms with Gasteiger partial charge in [-0.3, -0.25) is 4.79 Å². The summed E-state index contributed by atoms with van der Waals surface area (Å²) in [5.41, 5.74) is 2.89. The fourth-order valence-electron chi connectivity index (χ4n) is 1.84. The minimum atomic E-state index is -0.615. The van der Waals surface area contributed by atoms with Gasteiger partial charge >= 0.3 is 5.97 Å². The minimum absolute atomic E-state index is 0.252. The van der Waals surface area contributed by atoms with Crippen molar-refractivity contribution in [2.24, 2.45) is 0 Å². The molecule has 2 rings (SSSR count). The van der Waals surface area contributed by atoms with Gasteiger partial charge in [-0.25, -0.2) is 4.79 Å². The average molecular weight is 337 g/mol. The van der Waals surface area contributed by atoms with Gasteiger partial charge in [0, 0.05) is 5.56 Å². The van der Waals surface area contributed by atoms with Gasteiger partial charge < -0.3 is 4.74 Å². The van der Waals surface area contributed by atoms with Crippen LogP contribution in [0.2, 0.25) is 10.0 Å². The molecule has 0 aliphatic heterocycles. The number of rotatable bonds is 4. The van der Waals surface area contributed by atoms with E-state index in [1.165, 1.54) is 18.2 Å². The highest BCUT2D eigenvalue weighted by molar-refractivity contribution is 6.42. The zero-order chi connectivity index (χ0) is 16.3. The van der Waals surface area contributed by atoms with Gasteiger partial charge in [0.15, 0.2) is 12.4 Å². The molecular weight excluding hydrogens is 323 g/mol. The highest BCUT2D eigenvalue weighted by Crippen LogP contribution is 2.23. The molecule has 0 saturated carbocycles. The molecule has 2 aromatic carbocycles. The Labute approximate surface area is 138 Å². The van der Waals surface area contributed by atoms with Crippen molar-refractivity contribution in [3.05, 3.63) is 68.7 Å². The standard InChI is InChI=1S/C17H14Cl2O3/c1-10-3-4-12(7-11(10)2)16(20)9-22-17(21)13-5-6-14(18)15(19)8-13/h3-8H,9H2,1-2H3. The normalized spacial score (nSPS) is 10.4. The number of aryl methyl sites for hydroxylation is 2. The first-order chi connectivity index (χ1) is 10.4. The van der Waals surface area contributed by atoms with E-state index in [-0.39, 0.29) is 23.0 Å². The number of benzene rings is 2. The minimum Gasteiger partial charge on any atom is -0.454 e. The van der Waals surface area contributed by atoms with Gasteiger partial charge in [-0.2, -0.15) is 0 Å². The van der Waals surface area contributed by atoms with Gasteiger partial charge in [0.2, 0.25) is 0 Å². The molecule has 0 unspecified atom stereocenters. The predicted molar refractivity (Wildman–Crippen MR) is 87.0 cm³/mol. The number of hydrogen-bond acceptors (Lipinski definition) is 3. The number of halogens is 2. The van der Waals surface area contributed by atoms with Gasteiger partial charge in [0.25, 0.3) is 0 Å². The molecule has 0 amide bonds. The fraction of sp³-hybridized carbons (Fsp3) is 0.176. The van der Waals surface area contributed by atoms with Crippen LogP contribution >= 0.6 is 23.2 Å². The number of Topliss-reactive ketones (excluding diaryl/α,β-unsaturated/α-hetero) is 1. The highest BCUT2D eigenvalue weighted by Gasteiger charge is 2.13. The summed E-state index contributed by atoms with van der Waals surface area (Å²) in [4.78, 5) is 23.9. The van der Waals surface area contributed by atoms with Gasteiger partial charge in [0.1, 0.15) is 0 Å². The Morgan fingerprint density at radius 3 is 2.23 bits per heavy atom. The molecule has 0 N–H and O–H groups in total. The van der Waals surface area contributed by atoms with Crippen LogP contribution in [0.15, 0.2) is 36.4 Å². The van der Waals surface area contributed by atoms with Crippen LogP contribution in [0.5, 0.6) is 0 Å². The summed E-state index contributed by atoms with van der Waals surface area (Å²) in [6, 6.07) is 9.78. The van der Waals surface area contributed by atoms with E-state index in [1.807, 2.05) is 19.9 Å². The maximum Gasteiger partial charge on any atom is 0.338 e. The lowest BCUT2D eigenvalue weighted by Gasteiger charge is -2.07. The Hall–Kier alpha value is -1.84. The molecule has 0 aromatic heterocycles. The number of carbonyl (C=O) groups is 2. The third kappa shape index (κ3) is 3.87. The van der Waals surface area contributed by atoms with Crippen LogP contribution < -0.4 is 0 Å². The largest absolute Gasteiger partial charge is 0.454 e. The number of ketones is 1. The number of ether oxygens (including phenoxy) is 1. The van der Waals surface area contributed by atoms with Crippen LogP contribution in [0.3, 0.4) is 0 Å². The molecule has 3 nitrogen and oxygen atoms in total. The van der Waals surface area contributed by atoms with Crippen LogP contribution in [0, 0.1) is 13.8 Å². The first-order valence-corrected chi connectivity index (χ1v) is 7.36. The van der Waals surface area contributed by atoms with E-state index in [0.29, 0.717) is 10.6 Å². The Bertz CT molecular complexity index is 675. The van der Waals surface area contributed by atoms with Crippen LogP contribution in [0.4, 0.5) is 0 Å². The quantitative estimate of drug-likeness (QED) is 0.602. The van der Waals surface area contributed by atoms with E-state index in [2.05, 4.69) is 0 Å². The molecule has 114 valence electrons. The number of hydrogen-bond donors (Lipinski definition) is 0. The van der Waals surface area contributed by atoms with E-state index >= 15 is 0 Å². The monoisotopic (exact) mass is 336 g/mol. The summed E-state index contributed by atoms with van der Waals surface area (Å²) in [6.45, 7) is 3.57. The van der Waals surface area contributed by atoms with E-state index in [9.17, 15) is 9.59 Å². The Balaban J connectivity index is 2.02. The summed E-state index contributed by atoms with van der Waals surface area (Å²) in [6.07, 6.45) is 0. The Morgan fingerprint density at radius 1 is 0.909 bits per heavy atom. The first kappa shape index (κ1) is 16.5. The lowest BCUT2D eigenvalue weighted by molar-refractivity contribution is 0.0475. The van der Waals surface area contributed by atoms with Gasteiger partial charge in [-0.1, -0.05) is 35.3 Å². The second kappa shape index (κ2) is 6.95. The van der Waals surface area contributed by atoms with Crippen molar-refractivity contribution < 1.29 is 14.3 Å². The van der Waals surface area contributed by atoms with Crippen molar-refractivity contribution in [3.8, 4) is 0 Å². The van der Waals surface area contributed by atoms with E-state index in [0.717, 1.165) is 11.1 Å². The SMILES string of the molecule is Cc1ccc(C(=O)COC(=O)c2ccc(Cl)c(Cl)c2)cc1C. The van der Waals surface area contributed by atoms with Crippen molar-refractivity contribution in [3.63, 3.8) is 0 Å². The fourth-order valence-corrected chi connectivity index (χ4v) is 2.13. The first-order valence-electron chi connectivity index (χ1n) is 6.61. The molecule has 0 saturated heterocycles. The van der Waals surface area contributed by atoms with Gasteiger partial charge in [-0.05, 0) is 49.2 Å². The predicted octanol–water partition coefficient (Wildman–Crippen LogP) is 4.65. The second-order valence-electron chi connectivity index (χ2n) is 4.93. The second-order valence-corrected chi connectivity index (χ2v) is 5.74. The summed E-state index contributed by atoms with van der Waals surface area (Å²) in [7, 11) is 0. The van der Waals surface area contributed by atoms with Gasteiger partial charge in [0.05, 0.1) is 15.6 Å². The zero-order valence-corrected chi connectivity index (χ0v) is 13.7. The topological polar surface area (TPSA) is 43.4 Å². The molecule has 0 aliphatic carbocycles. The third-order valence-electron chi connectivity index (χ3n) is 3.32. The van der Waals surface area contributed by atoms with Gasteiger partial charge in [-0.15, -0.1) is 0 Å². The molecule has 0 spiro atoms. The molecule has 0 radical (unpaired) electrons. The van der Waals surface area contributed by atoms with E-state index in [4.69, 9.17) is 27.9 Å². The molecule has 0 bridgehead atoms. The average Bonchev–Trinajstić information content (AvgIpc) is 2.50. The molecule has 5 heteroatoms. The van der Waals surface area contributed by atoms with Crippen molar-refractivity contribution in [2.45, 2.75) is 13.8 Å². The van der Waals surface area contributed by atoms with Crippen molar-refractivity contribution in [1.29, 1.82) is 0 Å². The summed E-state index contributed by atoms with van der Waals surface area (Å²) >= 11 is 11.6. The summed E-state index contributed by atoms with van der Waals surface area (Å²) in [5.74, 6) is -0.868. The summed E-state index contributed by atoms with van der Waals surface area (Å²) < 4.78 is 5.02. The Morgan fingerprint density at radius 2 is 1.59 bits per heavy atom. The molecule has 0 aliphatic rings. The van der Waals surface area contributed by atoms with Crippen LogP contribution in [0.25, 0.3) is 0 Å². The van der Waals surface area contributed by atoms with Crippen LogP contribution in [-0.2, 0) is 4.74 Å². The van der Waals surface area contributed by atoms with Crippen molar-refractivity contribution in [2.75, 3.05) is 6.61 Å². The van der Waals surface area contributed by atoms with E-state index < -0.39 is 5.97 Å². The maximum absolute atomic E-state index is 12.0. The molecule has 0 heterocycles. The molecule has 0 fully saturated rings. The summed E-state index contributed by atoms with van der Waals surface area (Å²) in [5, 5.41) is 0.612. The van der Waals surface area contributed by atoms with Crippen LogP contribution in [-0.4, -0.2) is 18.4 Å². The molecule has 22 heavy (non-hydrogen) atoms. The lowest BCUT2D eigenvalue weighted by Crippen LogP contribution is -2.14. The van der Waals surface area contributed by atoms with Crippen LogP contribution in [0.1, 0.15) is 31.8 Å². The number of esters is 1.